The summed E-state index contributed by atoms with van der Waals surface area (Å²) in [6, 6.07) is 21.6. The van der Waals surface area contributed by atoms with E-state index in [1.807, 2.05) is 53.1 Å². The minimum Gasteiger partial charge on any atom is -0.508 e. The largest absolute Gasteiger partial charge is 0.508 e. The number of ether oxygens (including phenoxy) is 2. The summed E-state index contributed by atoms with van der Waals surface area (Å²) < 4.78 is 12.4. The van der Waals surface area contributed by atoms with Crippen LogP contribution < -0.4 is 14.9 Å². The summed E-state index contributed by atoms with van der Waals surface area (Å²) in [4.78, 5) is 12.4. The molecule has 0 aliphatic carbocycles. The van der Waals surface area contributed by atoms with Crippen LogP contribution in [0.1, 0.15) is 5.56 Å². The molecule has 1 heterocycles. The van der Waals surface area contributed by atoms with E-state index in [2.05, 4.69) is 20.7 Å². The number of hydrogen-bond donors (Lipinski definition) is 2. The predicted octanol–water partition coefficient (Wildman–Crippen LogP) is 3.90. The number of carbonyl (C=O) groups is 1. The fraction of sp³-hybridized carbons (Fsp3) is 0.120. The highest BCUT2D eigenvalue weighted by molar-refractivity contribution is 7.99. The molecule has 0 radical (unpaired) electrons. The Balaban J connectivity index is 1.53. The molecule has 2 N–H and O–H groups in total. The van der Waals surface area contributed by atoms with Gasteiger partial charge in [0, 0.05) is 11.3 Å². The maximum Gasteiger partial charge on any atom is 0.250 e. The number of thioether (sulfide) groups is 1. The SMILES string of the molecule is COc1ccc(-c2nnc(SCC(=O)N/N=C/c3cccc(O)c3)n2-c2ccc(OC)cc2)cc1. The normalized spacial score (nSPS) is 10.9. The van der Waals surface area contributed by atoms with Gasteiger partial charge >= 0.3 is 0 Å². The second-order valence-corrected chi connectivity index (χ2v) is 8.19. The summed E-state index contributed by atoms with van der Waals surface area (Å²) in [7, 11) is 3.22. The van der Waals surface area contributed by atoms with Gasteiger partial charge in [-0.2, -0.15) is 5.10 Å². The lowest BCUT2D eigenvalue weighted by Crippen LogP contribution is -2.20. The van der Waals surface area contributed by atoms with Gasteiger partial charge in [0.1, 0.15) is 17.2 Å². The molecule has 0 fully saturated rings. The van der Waals surface area contributed by atoms with E-state index in [-0.39, 0.29) is 17.4 Å². The predicted molar refractivity (Wildman–Crippen MR) is 134 cm³/mol. The van der Waals surface area contributed by atoms with Crippen LogP contribution >= 0.6 is 11.8 Å². The number of aromatic nitrogens is 3. The Hall–Kier alpha value is -4.31. The molecule has 0 spiro atoms. The molecule has 4 rings (SSSR count). The lowest BCUT2D eigenvalue weighted by atomic mass is 10.2. The van der Waals surface area contributed by atoms with Crippen molar-refractivity contribution in [1.82, 2.24) is 20.2 Å². The first-order chi connectivity index (χ1) is 17.1. The van der Waals surface area contributed by atoms with Crippen molar-refractivity contribution < 1.29 is 19.4 Å². The second kappa shape index (κ2) is 11.2. The van der Waals surface area contributed by atoms with Crippen molar-refractivity contribution in [2.24, 2.45) is 5.10 Å². The van der Waals surface area contributed by atoms with Gasteiger partial charge in [0.2, 0.25) is 0 Å². The quantitative estimate of drug-likeness (QED) is 0.208. The summed E-state index contributed by atoms with van der Waals surface area (Å²) in [5.41, 5.74) is 4.83. The van der Waals surface area contributed by atoms with Gasteiger partial charge < -0.3 is 14.6 Å². The average Bonchev–Trinajstić information content (AvgIpc) is 3.31. The van der Waals surface area contributed by atoms with Gasteiger partial charge in [0.15, 0.2) is 11.0 Å². The first-order valence-corrected chi connectivity index (χ1v) is 11.5. The molecular weight excluding hydrogens is 466 g/mol. The molecule has 1 aromatic heterocycles. The molecule has 4 aromatic rings. The van der Waals surface area contributed by atoms with Gasteiger partial charge in [0.25, 0.3) is 5.91 Å². The van der Waals surface area contributed by atoms with Gasteiger partial charge in [0.05, 0.1) is 26.2 Å². The van der Waals surface area contributed by atoms with Crippen molar-refractivity contribution in [3.63, 3.8) is 0 Å². The van der Waals surface area contributed by atoms with E-state index in [0.717, 1.165) is 22.7 Å². The molecule has 0 bridgehead atoms. The Morgan fingerprint density at radius 3 is 2.37 bits per heavy atom. The summed E-state index contributed by atoms with van der Waals surface area (Å²) in [5, 5.41) is 22.7. The van der Waals surface area contributed by atoms with Crippen LogP contribution in [-0.2, 0) is 4.79 Å². The third-order valence-corrected chi connectivity index (χ3v) is 5.85. The minimum atomic E-state index is -0.304. The van der Waals surface area contributed by atoms with E-state index < -0.39 is 0 Å². The van der Waals surface area contributed by atoms with Gasteiger partial charge in [-0.3, -0.25) is 9.36 Å². The van der Waals surface area contributed by atoms with Crippen molar-refractivity contribution in [1.29, 1.82) is 0 Å². The number of amides is 1. The van der Waals surface area contributed by atoms with Crippen molar-refractivity contribution in [2.45, 2.75) is 5.16 Å². The Kier molecular flexibility index (Phi) is 7.63. The monoisotopic (exact) mass is 489 g/mol. The molecule has 178 valence electrons. The fourth-order valence-electron chi connectivity index (χ4n) is 3.20. The highest BCUT2D eigenvalue weighted by Gasteiger charge is 2.17. The summed E-state index contributed by atoms with van der Waals surface area (Å²) >= 11 is 1.24. The first-order valence-electron chi connectivity index (χ1n) is 10.6. The van der Waals surface area contributed by atoms with Crippen molar-refractivity contribution in [3.8, 4) is 34.3 Å². The molecule has 0 unspecified atom stereocenters. The van der Waals surface area contributed by atoms with Gasteiger partial charge in [-0.1, -0.05) is 23.9 Å². The minimum absolute atomic E-state index is 0.0777. The van der Waals surface area contributed by atoms with E-state index >= 15 is 0 Å². The zero-order valence-electron chi connectivity index (χ0n) is 19.1. The molecule has 0 saturated carbocycles. The first kappa shape index (κ1) is 23.8. The molecule has 1 amide bonds. The zero-order chi connectivity index (χ0) is 24.6. The van der Waals surface area contributed by atoms with Gasteiger partial charge in [-0.15, -0.1) is 10.2 Å². The number of aromatic hydroxyl groups is 1. The molecule has 0 aliphatic rings. The van der Waals surface area contributed by atoms with Crippen LogP contribution in [0.25, 0.3) is 17.1 Å². The highest BCUT2D eigenvalue weighted by atomic mass is 32.2. The molecule has 10 heteroatoms. The summed E-state index contributed by atoms with van der Waals surface area (Å²) in [5.74, 6) is 1.99. The van der Waals surface area contributed by atoms with Crippen molar-refractivity contribution >= 4 is 23.9 Å². The van der Waals surface area contributed by atoms with Crippen LogP contribution in [0.15, 0.2) is 83.1 Å². The number of hydrazone groups is 1. The number of rotatable bonds is 9. The van der Waals surface area contributed by atoms with Crippen LogP contribution in [-0.4, -0.2) is 52.0 Å². The van der Waals surface area contributed by atoms with E-state index in [1.165, 1.54) is 18.0 Å². The third-order valence-electron chi connectivity index (χ3n) is 4.92. The van der Waals surface area contributed by atoms with E-state index in [4.69, 9.17) is 9.47 Å². The average molecular weight is 490 g/mol. The maximum atomic E-state index is 12.4. The van der Waals surface area contributed by atoms with Crippen LogP contribution in [0.5, 0.6) is 17.2 Å². The molecule has 0 aliphatic heterocycles. The number of benzene rings is 3. The van der Waals surface area contributed by atoms with Crippen LogP contribution in [0.3, 0.4) is 0 Å². The van der Waals surface area contributed by atoms with Crippen LogP contribution in [0, 0.1) is 0 Å². The number of carbonyl (C=O) groups excluding carboxylic acids is 1. The smallest absolute Gasteiger partial charge is 0.250 e. The number of nitrogens with zero attached hydrogens (tertiary/aromatic N) is 4. The lowest BCUT2D eigenvalue weighted by molar-refractivity contribution is -0.118. The summed E-state index contributed by atoms with van der Waals surface area (Å²) in [6.07, 6.45) is 1.46. The van der Waals surface area contributed by atoms with Gasteiger partial charge in [-0.25, -0.2) is 5.43 Å². The van der Waals surface area contributed by atoms with E-state index in [9.17, 15) is 9.90 Å². The molecule has 9 nitrogen and oxygen atoms in total. The van der Waals surface area contributed by atoms with Crippen LogP contribution in [0.2, 0.25) is 0 Å². The Morgan fingerprint density at radius 2 is 1.71 bits per heavy atom. The Bertz CT molecular complexity index is 1320. The lowest BCUT2D eigenvalue weighted by Gasteiger charge is -2.11. The van der Waals surface area contributed by atoms with E-state index in [1.54, 1.807) is 38.5 Å². The molecule has 3 aromatic carbocycles. The van der Waals surface area contributed by atoms with Crippen molar-refractivity contribution in [2.75, 3.05) is 20.0 Å². The molecule has 0 saturated heterocycles. The Morgan fingerprint density at radius 1 is 1.03 bits per heavy atom. The number of phenols is 1. The summed E-state index contributed by atoms with van der Waals surface area (Å²) in [6.45, 7) is 0. The zero-order valence-corrected chi connectivity index (χ0v) is 19.9. The molecule has 35 heavy (non-hydrogen) atoms. The number of phenolic OH excluding ortho intramolecular Hbond substituents is 1. The van der Waals surface area contributed by atoms with Crippen molar-refractivity contribution in [3.05, 3.63) is 78.4 Å². The number of hydrogen-bond acceptors (Lipinski definition) is 8. The Labute approximate surface area is 206 Å². The molecular formula is C25H23N5O4S. The van der Waals surface area contributed by atoms with Gasteiger partial charge in [-0.05, 0) is 66.2 Å². The standard InChI is InChI=1S/C25H23N5O4S/c1-33-21-10-6-18(7-11-21)24-28-29-25(30(24)19-8-12-22(34-2)13-9-19)35-16-23(32)27-26-15-17-4-3-5-20(31)14-17/h3-15,31H,16H2,1-2H3,(H,27,32)/b26-15+. The number of nitrogens with one attached hydrogen (secondary N) is 1. The second-order valence-electron chi connectivity index (χ2n) is 7.24. The maximum absolute atomic E-state index is 12.4. The fourth-order valence-corrected chi connectivity index (χ4v) is 3.95. The van der Waals surface area contributed by atoms with E-state index in [0.29, 0.717) is 16.5 Å². The third kappa shape index (κ3) is 5.98. The van der Waals surface area contributed by atoms with Crippen LogP contribution in [0.4, 0.5) is 0 Å². The topological polar surface area (TPSA) is 111 Å². The highest BCUT2D eigenvalue weighted by Crippen LogP contribution is 2.29. The molecule has 0 atom stereocenters. The number of methoxy groups -OCH3 is 2.